The van der Waals surface area contributed by atoms with Crippen molar-refractivity contribution in [2.24, 2.45) is 0 Å². The minimum Gasteiger partial charge on any atom is -0.478 e. The van der Waals surface area contributed by atoms with E-state index >= 15 is 0 Å². The number of carbonyl (C=O) groups is 1. The van der Waals surface area contributed by atoms with Crippen LogP contribution in [0.4, 0.5) is 5.69 Å². The Morgan fingerprint density at radius 2 is 2.16 bits per heavy atom. The maximum atomic E-state index is 10.7. The van der Waals surface area contributed by atoms with Gasteiger partial charge in [-0.2, -0.15) is 0 Å². The molecular weight excluding hydrogens is 268 g/mol. The van der Waals surface area contributed by atoms with E-state index < -0.39 is 5.97 Å². The molecule has 0 saturated carbocycles. The van der Waals surface area contributed by atoms with Gasteiger partial charge in [-0.15, -0.1) is 0 Å². The molecule has 1 aromatic carbocycles. The maximum absolute atomic E-state index is 10.7. The summed E-state index contributed by atoms with van der Waals surface area (Å²) < 4.78 is 5.43. The minimum absolute atomic E-state index is 0.179. The molecule has 0 aromatic heterocycles. The lowest BCUT2D eigenvalue weighted by molar-refractivity contribution is 0.0697. The second kappa shape index (κ2) is 7.99. The Bertz CT molecular complexity index is 424. The SMILES string of the molecule is CN(C)CCOCCNc1ccc(C(=O)O)cc1Cl. The number of nitrogens with zero attached hydrogens (tertiary/aromatic N) is 1. The summed E-state index contributed by atoms with van der Waals surface area (Å²) >= 11 is 5.98. The number of halogens is 1. The standard InChI is InChI=1S/C13H19ClN2O3/c1-16(2)6-8-19-7-5-15-12-4-3-10(13(17)18)9-11(12)14/h3-4,9,15H,5-8H2,1-2H3,(H,17,18). The highest BCUT2D eigenvalue weighted by molar-refractivity contribution is 6.33. The molecule has 0 radical (unpaired) electrons. The number of ether oxygens (including phenoxy) is 1. The van der Waals surface area contributed by atoms with E-state index in [-0.39, 0.29) is 5.56 Å². The van der Waals surface area contributed by atoms with Gasteiger partial charge < -0.3 is 20.1 Å². The van der Waals surface area contributed by atoms with Crippen molar-refractivity contribution in [1.29, 1.82) is 0 Å². The van der Waals surface area contributed by atoms with Crippen molar-refractivity contribution in [1.82, 2.24) is 4.90 Å². The Kier molecular flexibility index (Phi) is 6.62. The molecule has 0 saturated heterocycles. The summed E-state index contributed by atoms with van der Waals surface area (Å²) in [6.07, 6.45) is 0. The molecule has 0 heterocycles. The number of nitrogens with one attached hydrogen (secondary N) is 1. The first kappa shape index (κ1) is 15.8. The molecule has 0 aliphatic heterocycles. The van der Waals surface area contributed by atoms with Crippen molar-refractivity contribution < 1.29 is 14.6 Å². The van der Waals surface area contributed by atoms with Crippen molar-refractivity contribution in [3.05, 3.63) is 28.8 Å². The van der Waals surface area contributed by atoms with Crippen LogP contribution in [0.2, 0.25) is 5.02 Å². The monoisotopic (exact) mass is 286 g/mol. The molecule has 0 bridgehead atoms. The third-order valence-corrected chi connectivity index (χ3v) is 2.77. The lowest BCUT2D eigenvalue weighted by Crippen LogP contribution is -2.20. The zero-order valence-corrected chi connectivity index (χ0v) is 11.9. The van der Waals surface area contributed by atoms with E-state index in [0.717, 1.165) is 6.54 Å². The topological polar surface area (TPSA) is 61.8 Å². The summed E-state index contributed by atoms with van der Waals surface area (Å²) in [5.41, 5.74) is 0.889. The van der Waals surface area contributed by atoms with E-state index in [1.165, 1.54) is 12.1 Å². The van der Waals surface area contributed by atoms with Gasteiger partial charge in [0, 0.05) is 13.1 Å². The highest BCUT2D eigenvalue weighted by Gasteiger charge is 2.06. The van der Waals surface area contributed by atoms with Crippen molar-refractivity contribution in [2.45, 2.75) is 0 Å². The van der Waals surface area contributed by atoms with Gasteiger partial charge in [0.05, 0.1) is 29.5 Å². The molecule has 106 valence electrons. The van der Waals surface area contributed by atoms with E-state index in [1.54, 1.807) is 6.07 Å². The van der Waals surface area contributed by atoms with Crippen molar-refractivity contribution in [3.8, 4) is 0 Å². The average molecular weight is 287 g/mol. The second-order valence-corrected chi connectivity index (χ2v) is 4.75. The third-order valence-electron chi connectivity index (χ3n) is 2.46. The lowest BCUT2D eigenvalue weighted by atomic mass is 10.2. The van der Waals surface area contributed by atoms with Crippen LogP contribution in [0.3, 0.4) is 0 Å². The van der Waals surface area contributed by atoms with Crippen molar-refractivity contribution in [2.75, 3.05) is 45.7 Å². The van der Waals surface area contributed by atoms with Gasteiger partial charge in [-0.25, -0.2) is 4.79 Å². The summed E-state index contributed by atoms with van der Waals surface area (Å²) in [6, 6.07) is 4.61. The van der Waals surface area contributed by atoms with E-state index in [2.05, 4.69) is 10.2 Å². The molecule has 2 N–H and O–H groups in total. The first-order valence-corrected chi connectivity index (χ1v) is 6.37. The van der Waals surface area contributed by atoms with Gasteiger partial charge in [0.2, 0.25) is 0 Å². The number of likely N-dealkylation sites (N-methyl/N-ethyl adjacent to an activating group) is 1. The number of carboxylic acid groups (broad SMARTS) is 1. The fraction of sp³-hybridized carbons (Fsp3) is 0.462. The predicted molar refractivity (Wildman–Crippen MR) is 76.3 cm³/mol. The van der Waals surface area contributed by atoms with Crippen LogP contribution in [0, 0.1) is 0 Å². The van der Waals surface area contributed by atoms with Crippen LogP contribution in [0.15, 0.2) is 18.2 Å². The number of hydrogen-bond donors (Lipinski definition) is 2. The van der Waals surface area contributed by atoms with Crippen LogP contribution in [0.1, 0.15) is 10.4 Å². The quantitative estimate of drug-likeness (QED) is 0.716. The van der Waals surface area contributed by atoms with Crippen LogP contribution in [0.25, 0.3) is 0 Å². The maximum Gasteiger partial charge on any atom is 0.335 e. The molecule has 0 aliphatic rings. The first-order chi connectivity index (χ1) is 9.00. The summed E-state index contributed by atoms with van der Waals surface area (Å²) in [6.45, 7) is 2.76. The Balaban J connectivity index is 2.32. The summed E-state index contributed by atoms with van der Waals surface area (Å²) in [5, 5.41) is 12.3. The van der Waals surface area contributed by atoms with Gasteiger partial charge in [0.15, 0.2) is 0 Å². The molecule has 6 heteroatoms. The van der Waals surface area contributed by atoms with Crippen LogP contribution < -0.4 is 5.32 Å². The van der Waals surface area contributed by atoms with Crippen molar-refractivity contribution in [3.63, 3.8) is 0 Å². The molecule has 0 unspecified atom stereocenters. The summed E-state index contributed by atoms with van der Waals surface area (Å²) in [4.78, 5) is 12.8. The Morgan fingerprint density at radius 3 is 2.74 bits per heavy atom. The zero-order chi connectivity index (χ0) is 14.3. The number of rotatable bonds is 8. The Labute approximate surface area is 118 Å². The molecule has 0 aliphatic carbocycles. The van der Waals surface area contributed by atoms with Crippen LogP contribution >= 0.6 is 11.6 Å². The second-order valence-electron chi connectivity index (χ2n) is 4.34. The first-order valence-electron chi connectivity index (χ1n) is 6.00. The number of hydrogen-bond acceptors (Lipinski definition) is 4. The van der Waals surface area contributed by atoms with E-state index in [1.807, 2.05) is 14.1 Å². The van der Waals surface area contributed by atoms with Gasteiger partial charge in [0.25, 0.3) is 0 Å². The number of carboxylic acids is 1. The molecule has 5 nitrogen and oxygen atoms in total. The third kappa shape index (κ3) is 5.92. The van der Waals surface area contributed by atoms with Gasteiger partial charge in [-0.3, -0.25) is 0 Å². The van der Waals surface area contributed by atoms with Gasteiger partial charge in [-0.05, 0) is 32.3 Å². The van der Waals surface area contributed by atoms with E-state index in [0.29, 0.717) is 30.5 Å². The number of aromatic carboxylic acids is 1. The normalized spacial score (nSPS) is 10.7. The molecule has 0 atom stereocenters. The van der Waals surface area contributed by atoms with E-state index in [4.69, 9.17) is 21.4 Å². The van der Waals surface area contributed by atoms with Gasteiger partial charge in [0.1, 0.15) is 0 Å². The lowest BCUT2D eigenvalue weighted by Gasteiger charge is -2.11. The molecule has 1 rings (SSSR count). The summed E-state index contributed by atoms with van der Waals surface area (Å²) in [5.74, 6) is -0.986. The van der Waals surface area contributed by atoms with Gasteiger partial charge >= 0.3 is 5.97 Å². The van der Waals surface area contributed by atoms with Gasteiger partial charge in [-0.1, -0.05) is 11.6 Å². The zero-order valence-electron chi connectivity index (χ0n) is 11.1. The van der Waals surface area contributed by atoms with Crippen LogP contribution in [0.5, 0.6) is 0 Å². The van der Waals surface area contributed by atoms with Crippen LogP contribution in [-0.2, 0) is 4.74 Å². The highest BCUT2D eigenvalue weighted by Crippen LogP contribution is 2.22. The minimum atomic E-state index is -0.986. The Hall–Kier alpha value is -1.30. The molecule has 0 amide bonds. The molecule has 0 fully saturated rings. The van der Waals surface area contributed by atoms with Crippen molar-refractivity contribution >= 4 is 23.3 Å². The molecule has 19 heavy (non-hydrogen) atoms. The smallest absolute Gasteiger partial charge is 0.335 e. The Morgan fingerprint density at radius 1 is 1.42 bits per heavy atom. The fourth-order valence-corrected chi connectivity index (χ4v) is 1.65. The molecular formula is C13H19ClN2O3. The largest absolute Gasteiger partial charge is 0.478 e. The van der Waals surface area contributed by atoms with E-state index in [9.17, 15) is 4.79 Å². The molecule has 0 spiro atoms. The van der Waals surface area contributed by atoms with Crippen LogP contribution in [-0.4, -0.2) is 56.4 Å². The number of anilines is 1. The number of benzene rings is 1. The summed E-state index contributed by atoms with van der Waals surface area (Å²) in [7, 11) is 3.98. The average Bonchev–Trinajstić information content (AvgIpc) is 2.34. The highest BCUT2D eigenvalue weighted by atomic mass is 35.5. The molecule has 1 aromatic rings. The predicted octanol–water partition coefficient (Wildman–Crippen LogP) is 2.03. The fourth-order valence-electron chi connectivity index (χ4n) is 1.40.